The Morgan fingerprint density at radius 2 is 1.64 bits per heavy atom. The van der Waals surface area contributed by atoms with Gasteiger partial charge in [-0.05, 0) is 12.1 Å². The molecule has 0 aliphatic heterocycles. The van der Waals surface area contributed by atoms with E-state index in [2.05, 4.69) is 0 Å². The topological polar surface area (TPSA) is 94.5 Å². The summed E-state index contributed by atoms with van der Waals surface area (Å²) in [6.07, 6.45) is 0. The van der Waals surface area contributed by atoms with Crippen LogP contribution in [0.15, 0.2) is 29.2 Å². The first-order valence-electron chi connectivity index (χ1n) is 3.04. The van der Waals surface area contributed by atoms with E-state index in [0.717, 1.165) is 12.1 Å². The van der Waals surface area contributed by atoms with Crippen LogP contribution in [0.1, 0.15) is 0 Å². The van der Waals surface area contributed by atoms with Gasteiger partial charge in [0.1, 0.15) is 22.7 Å². The molecule has 1 aromatic carbocycles. The normalized spacial score (nSPS) is 9.21. The molecule has 0 radical (unpaired) electrons. The zero-order chi connectivity index (χ0) is 10.5. The van der Waals surface area contributed by atoms with Gasteiger partial charge in [-0.25, -0.2) is 8.42 Å². The third-order valence-electron chi connectivity index (χ3n) is 1.13. The minimum atomic E-state index is -4.53. The molecule has 5 nitrogen and oxygen atoms in total. The van der Waals surface area contributed by atoms with Crippen LogP contribution in [0.3, 0.4) is 0 Å². The maximum Gasteiger partial charge on any atom is 1.00 e. The molecular weight excluding hydrogens is 219 g/mol. The van der Waals surface area contributed by atoms with Crippen LogP contribution in [0.25, 0.3) is 0 Å². The minimum Gasteiger partial charge on any atom is -0.744 e. The molecular formula is C7H7NaO5S. The van der Waals surface area contributed by atoms with Crippen molar-refractivity contribution in [2.24, 2.45) is 0 Å². The largest absolute Gasteiger partial charge is 1.00 e. The maximum atomic E-state index is 10.3. The van der Waals surface area contributed by atoms with Crippen LogP contribution < -0.4 is 29.6 Å². The molecule has 0 saturated heterocycles. The minimum absolute atomic E-state index is 0. The van der Waals surface area contributed by atoms with Gasteiger partial charge in [-0.15, -0.1) is 0 Å². The second kappa shape index (κ2) is 6.97. The molecule has 0 heterocycles. The Balaban J connectivity index is 0. The molecule has 0 spiro atoms. The molecule has 0 atom stereocenters. The van der Waals surface area contributed by atoms with Gasteiger partial charge in [0.25, 0.3) is 0 Å². The van der Waals surface area contributed by atoms with Gasteiger partial charge in [-0.2, -0.15) is 0 Å². The Bertz CT molecular complexity index is 375. The third-order valence-corrected chi connectivity index (χ3v) is 2.02. The first kappa shape index (κ1) is 16.0. The van der Waals surface area contributed by atoms with Gasteiger partial charge in [0.2, 0.25) is 0 Å². The molecule has 0 aliphatic rings. The van der Waals surface area contributed by atoms with E-state index in [1.165, 1.54) is 12.1 Å². The number of para-hydroxylation sites is 1. The molecule has 1 aromatic rings. The second-order valence-electron chi connectivity index (χ2n) is 1.92. The van der Waals surface area contributed by atoms with Crippen LogP contribution in [0.5, 0.6) is 5.75 Å². The number of carbonyl (C=O) groups is 1. The smallest absolute Gasteiger partial charge is 0.744 e. The number of carbonyl (C=O) groups excluding carboxylic acids is 1. The van der Waals surface area contributed by atoms with Crippen molar-refractivity contribution in [2.75, 3.05) is 0 Å². The number of rotatable bonds is 1. The Hall–Kier alpha value is -0.400. The number of benzene rings is 1. The van der Waals surface area contributed by atoms with Gasteiger partial charge in [0, 0.05) is 0 Å². The second-order valence-corrected chi connectivity index (χ2v) is 3.27. The van der Waals surface area contributed by atoms with Crippen LogP contribution in [0.2, 0.25) is 0 Å². The van der Waals surface area contributed by atoms with Crippen molar-refractivity contribution >= 4 is 16.9 Å². The zero-order valence-corrected chi connectivity index (χ0v) is 10.3. The molecule has 0 saturated carbocycles. The summed E-state index contributed by atoms with van der Waals surface area (Å²) in [6.45, 7) is 2.00. The third kappa shape index (κ3) is 4.73. The molecule has 1 rings (SSSR count). The predicted octanol–water partition coefficient (Wildman–Crippen LogP) is -2.88. The number of hydrogen-bond donors (Lipinski definition) is 1. The zero-order valence-electron chi connectivity index (χ0n) is 7.50. The average Bonchev–Trinajstić information content (AvgIpc) is 2.07. The summed E-state index contributed by atoms with van der Waals surface area (Å²) in [7, 11) is -4.53. The molecule has 7 heteroatoms. The summed E-state index contributed by atoms with van der Waals surface area (Å²) in [6, 6.07) is 5.00. The van der Waals surface area contributed by atoms with Crippen molar-refractivity contribution in [1.29, 1.82) is 0 Å². The predicted molar refractivity (Wildman–Crippen MR) is 43.2 cm³/mol. The van der Waals surface area contributed by atoms with Crippen LogP contribution in [-0.4, -0.2) is 24.9 Å². The first-order valence-corrected chi connectivity index (χ1v) is 4.45. The quantitative estimate of drug-likeness (QED) is 0.410. The standard InChI is InChI=1S/C6H6O4S.CH2O.Na/c7-5-3-1-2-4-6(5)11(8,9)10;1-2;/h1-4,7H,(H,8,9,10);1H2;/q;;+1/p-1. The van der Waals surface area contributed by atoms with Crippen LogP contribution >= 0.6 is 0 Å². The fraction of sp³-hybridized carbons (Fsp3) is 0. The van der Waals surface area contributed by atoms with Crippen molar-refractivity contribution in [3.63, 3.8) is 0 Å². The van der Waals surface area contributed by atoms with Crippen molar-refractivity contribution in [2.45, 2.75) is 4.90 Å². The molecule has 0 bridgehead atoms. The molecule has 14 heavy (non-hydrogen) atoms. The van der Waals surface area contributed by atoms with Gasteiger partial charge in [-0.3, -0.25) is 0 Å². The van der Waals surface area contributed by atoms with Crippen LogP contribution in [0.4, 0.5) is 0 Å². The van der Waals surface area contributed by atoms with E-state index in [1.54, 1.807) is 0 Å². The van der Waals surface area contributed by atoms with E-state index in [1.807, 2.05) is 6.79 Å². The van der Waals surface area contributed by atoms with Gasteiger partial charge in [-0.1, -0.05) is 12.1 Å². The van der Waals surface area contributed by atoms with Gasteiger partial charge in [0.15, 0.2) is 0 Å². The van der Waals surface area contributed by atoms with E-state index in [9.17, 15) is 13.0 Å². The van der Waals surface area contributed by atoms with Crippen LogP contribution in [-0.2, 0) is 14.9 Å². The van der Waals surface area contributed by atoms with E-state index in [4.69, 9.17) is 9.90 Å². The molecule has 0 aliphatic carbocycles. The fourth-order valence-corrected chi connectivity index (χ4v) is 1.24. The summed E-state index contributed by atoms with van der Waals surface area (Å²) in [5.74, 6) is -0.512. The summed E-state index contributed by atoms with van der Waals surface area (Å²) >= 11 is 0. The number of aromatic hydroxyl groups is 1. The molecule has 1 N–H and O–H groups in total. The summed E-state index contributed by atoms with van der Waals surface area (Å²) in [5.41, 5.74) is 0. The first-order chi connectivity index (χ1) is 6.02. The maximum absolute atomic E-state index is 10.3. The van der Waals surface area contributed by atoms with E-state index in [-0.39, 0.29) is 29.6 Å². The van der Waals surface area contributed by atoms with E-state index >= 15 is 0 Å². The summed E-state index contributed by atoms with van der Waals surface area (Å²) in [4.78, 5) is 7.42. The van der Waals surface area contributed by atoms with Crippen molar-refractivity contribution < 1.29 is 52.4 Å². The van der Waals surface area contributed by atoms with Crippen molar-refractivity contribution in [1.82, 2.24) is 0 Å². The molecule has 0 fully saturated rings. The Labute approximate surface area is 104 Å². The fourth-order valence-electron chi connectivity index (χ4n) is 0.669. The number of hydrogen-bond acceptors (Lipinski definition) is 5. The molecule has 0 amide bonds. The Morgan fingerprint density at radius 1 is 1.21 bits per heavy atom. The van der Waals surface area contributed by atoms with Crippen molar-refractivity contribution in [3.05, 3.63) is 24.3 Å². The molecule has 72 valence electrons. The molecule has 0 unspecified atom stereocenters. The van der Waals surface area contributed by atoms with Gasteiger partial charge in [0.05, 0.1) is 4.90 Å². The number of phenols is 1. The summed E-state index contributed by atoms with van der Waals surface area (Å²) < 4.78 is 31.0. The number of phenolic OH excluding ortho intramolecular Hbond substituents is 1. The SMILES string of the molecule is C=O.O=S(=O)([O-])c1ccccc1O.[Na+]. The van der Waals surface area contributed by atoms with E-state index in [0.29, 0.717) is 0 Å². The Kier molecular flexibility index (Phi) is 7.98. The molecule has 0 aromatic heterocycles. The van der Waals surface area contributed by atoms with Crippen molar-refractivity contribution in [3.8, 4) is 5.75 Å². The van der Waals surface area contributed by atoms with Gasteiger partial charge < -0.3 is 14.5 Å². The summed E-state index contributed by atoms with van der Waals surface area (Å²) in [5, 5.41) is 8.87. The van der Waals surface area contributed by atoms with E-state index < -0.39 is 20.8 Å². The average molecular weight is 226 g/mol. The van der Waals surface area contributed by atoms with Crippen LogP contribution in [0, 0.1) is 0 Å². The van der Waals surface area contributed by atoms with Gasteiger partial charge >= 0.3 is 29.6 Å². The monoisotopic (exact) mass is 226 g/mol. The Morgan fingerprint density at radius 3 is 1.93 bits per heavy atom.